The Bertz CT molecular complexity index is 492. The topological polar surface area (TPSA) is 37.3 Å². The van der Waals surface area contributed by atoms with Gasteiger partial charge in [-0.25, -0.2) is 4.39 Å². The lowest BCUT2D eigenvalue weighted by Crippen LogP contribution is -2.58. The SMILES string of the molecule is C[C@]12CCC(=O)CC1CCC1C3CCC(O)[C@@]3(C)CC(F)C12. The Hall–Kier alpha value is -0.440. The summed E-state index contributed by atoms with van der Waals surface area (Å²) in [6.45, 7) is 4.39. The normalized spacial score (nSPS) is 57.9. The summed E-state index contributed by atoms with van der Waals surface area (Å²) in [5.74, 6) is 1.79. The summed E-state index contributed by atoms with van der Waals surface area (Å²) in [6.07, 6.45) is 5.64. The highest BCUT2D eigenvalue weighted by Gasteiger charge is 2.63. The molecule has 8 atom stereocenters. The molecule has 0 bridgehead atoms. The van der Waals surface area contributed by atoms with Gasteiger partial charge in [-0.2, -0.15) is 0 Å². The van der Waals surface area contributed by atoms with Crippen LogP contribution in [0.4, 0.5) is 4.39 Å². The summed E-state index contributed by atoms with van der Waals surface area (Å²) in [4.78, 5) is 11.9. The summed E-state index contributed by atoms with van der Waals surface area (Å²) in [7, 11) is 0. The Morgan fingerprint density at radius 1 is 1.14 bits per heavy atom. The van der Waals surface area contributed by atoms with Gasteiger partial charge in [-0.15, -0.1) is 0 Å². The summed E-state index contributed by atoms with van der Waals surface area (Å²) >= 11 is 0. The van der Waals surface area contributed by atoms with E-state index >= 15 is 4.39 Å². The van der Waals surface area contributed by atoms with Crippen molar-refractivity contribution in [2.75, 3.05) is 0 Å². The average Bonchev–Trinajstić information content (AvgIpc) is 2.75. The zero-order valence-electron chi connectivity index (χ0n) is 13.9. The number of aliphatic hydroxyl groups excluding tert-OH is 1. The molecular weight excluding hydrogens is 279 g/mol. The lowest BCUT2D eigenvalue weighted by Gasteiger charge is -2.60. The number of alkyl halides is 1. The minimum absolute atomic E-state index is 0.00508. The molecule has 1 N–H and O–H groups in total. The molecule has 2 nitrogen and oxygen atoms in total. The van der Waals surface area contributed by atoms with Crippen LogP contribution >= 0.6 is 0 Å². The fourth-order valence-corrected chi connectivity index (χ4v) is 7.07. The van der Waals surface area contributed by atoms with Gasteiger partial charge < -0.3 is 5.11 Å². The molecule has 4 aliphatic carbocycles. The maximum atomic E-state index is 15.3. The minimum Gasteiger partial charge on any atom is -0.393 e. The first-order chi connectivity index (χ1) is 10.4. The molecule has 4 aliphatic rings. The Balaban J connectivity index is 1.69. The largest absolute Gasteiger partial charge is 0.393 e. The van der Waals surface area contributed by atoms with Gasteiger partial charge in [0.2, 0.25) is 0 Å². The Kier molecular flexibility index (Phi) is 3.28. The molecule has 0 amide bonds. The van der Waals surface area contributed by atoms with Crippen LogP contribution in [0, 0.1) is 34.5 Å². The number of rotatable bonds is 0. The van der Waals surface area contributed by atoms with Gasteiger partial charge in [-0.05, 0) is 73.0 Å². The van der Waals surface area contributed by atoms with Crippen LogP contribution in [-0.2, 0) is 4.79 Å². The number of Topliss-reactive ketones (excluding diaryl/α,β-unsaturated/α-hetero) is 1. The van der Waals surface area contributed by atoms with E-state index in [0.717, 1.165) is 32.1 Å². The van der Waals surface area contributed by atoms with Crippen molar-refractivity contribution in [1.29, 1.82) is 0 Å². The molecular formula is C19H29FO2. The quantitative estimate of drug-likeness (QED) is 0.737. The van der Waals surface area contributed by atoms with Gasteiger partial charge in [0.15, 0.2) is 0 Å². The summed E-state index contributed by atoms with van der Waals surface area (Å²) in [5.41, 5.74) is -0.209. The van der Waals surface area contributed by atoms with Crippen LogP contribution in [0.2, 0.25) is 0 Å². The summed E-state index contributed by atoms with van der Waals surface area (Å²) < 4.78 is 15.3. The van der Waals surface area contributed by atoms with Crippen LogP contribution in [0.5, 0.6) is 0 Å². The monoisotopic (exact) mass is 308 g/mol. The standard InChI is InChI=1S/C19H29FO2/c1-18-8-7-12(21)9-11(18)3-4-13-14-5-6-16(22)19(14,2)10-15(20)17(13)18/h11,13-17,22H,3-10H2,1-2H3/t11?,13?,14?,15?,16?,17?,18-,19-/m0/s1. The van der Waals surface area contributed by atoms with Gasteiger partial charge in [0.05, 0.1) is 6.10 Å². The Labute approximate surface area is 132 Å². The van der Waals surface area contributed by atoms with Crippen LogP contribution in [0.15, 0.2) is 0 Å². The van der Waals surface area contributed by atoms with Crippen molar-refractivity contribution >= 4 is 5.78 Å². The highest BCUT2D eigenvalue weighted by molar-refractivity contribution is 5.79. The van der Waals surface area contributed by atoms with Gasteiger partial charge >= 0.3 is 0 Å². The van der Waals surface area contributed by atoms with Gasteiger partial charge in [-0.3, -0.25) is 4.79 Å². The third-order valence-corrected chi connectivity index (χ3v) is 8.32. The maximum Gasteiger partial charge on any atom is 0.133 e. The molecule has 6 unspecified atom stereocenters. The molecule has 0 saturated heterocycles. The molecule has 0 heterocycles. The second-order valence-corrected chi connectivity index (χ2v) is 9.14. The minimum atomic E-state index is -0.806. The van der Waals surface area contributed by atoms with Crippen LogP contribution in [-0.4, -0.2) is 23.2 Å². The number of carbonyl (C=O) groups excluding carboxylic acids is 1. The van der Waals surface area contributed by atoms with Crippen LogP contribution in [0.25, 0.3) is 0 Å². The molecule has 0 aromatic rings. The fourth-order valence-electron chi connectivity index (χ4n) is 7.07. The number of hydrogen-bond acceptors (Lipinski definition) is 2. The number of carbonyl (C=O) groups is 1. The highest BCUT2D eigenvalue weighted by Crippen LogP contribution is 2.66. The third-order valence-electron chi connectivity index (χ3n) is 8.32. The smallest absolute Gasteiger partial charge is 0.133 e. The molecule has 4 fully saturated rings. The van der Waals surface area contributed by atoms with Crippen LogP contribution in [0.3, 0.4) is 0 Å². The van der Waals surface area contributed by atoms with Crippen molar-refractivity contribution in [1.82, 2.24) is 0 Å². The third kappa shape index (κ3) is 1.84. The number of aliphatic hydroxyl groups is 1. The molecule has 0 aromatic heterocycles. The molecule has 22 heavy (non-hydrogen) atoms. The van der Waals surface area contributed by atoms with Crippen molar-refractivity contribution in [3.63, 3.8) is 0 Å². The van der Waals surface area contributed by atoms with E-state index in [1.807, 2.05) is 0 Å². The van der Waals surface area contributed by atoms with E-state index in [1.165, 1.54) is 0 Å². The van der Waals surface area contributed by atoms with E-state index in [4.69, 9.17) is 0 Å². The number of hydrogen-bond donors (Lipinski definition) is 1. The van der Waals surface area contributed by atoms with E-state index in [0.29, 0.717) is 42.8 Å². The summed E-state index contributed by atoms with van der Waals surface area (Å²) in [5, 5.41) is 10.4. The zero-order valence-corrected chi connectivity index (χ0v) is 13.9. The van der Waals surface area contributed by atoms with Crippen molar-refractivity contribution in [3.05, 3.63) is 0 Å². The van der Waals surface area contributed by atoms with Crippen LogP contribution in [0.1, 0.15) is 65.2 Å². The number of ketones is 1. The number of halogens is 1. The van der Waals surface area contributed by atoms with E-state index in [-0.39, 0.29) is 22.9 Å². The molecule has 4 saturated carbocycles. The van der Waals surface area contributed by atoms with Gasteiger partial charge in [0.1, 0.15) is 12.0 Å². The number of fused-ring (bicyclic) bond motifs is 5. The van der Waals surface area contributed by atoms with Gasteiger partial charge in [-0.1, -0.05) is 13.8 Å². The molecule has 4 rings (SSSR count). The molecule has 3 heteroatoms. The second-order valence-electron chi connectivity index (χ2n) is 9.14. The van der Waals surface area contributed by atoms with E-state index in [9.17, 15) is 9.90 Å². The molecule has 0 aromatic carbocycles. The first-order valence-corrected chi connectivity index (χ1v) is 9.20. The predicted molar refractivity (Wildman–Crippen MR) is 83.0 cm³/mol. The lowest BCUT2D eigenvalue weighted by atomic mass is 9.44. The van der Waals surface area contributed by atoms with Gasteiger partial charge in [0, 0.05) is 12.8 Å². The van der Waals surface area contributed by atoms with E-state index in [1.54, 1.807) is 0 Å². The molecule has 0 radical (unpaired) electrons. The van der Waals surface area contributed by atoms with Gasteiger partial charge in [0.25, 0.3) is 0 Å². The molecule has 0 spiro atoms. The fraction of sp³-hybridized carbons (Fsp3) is 0.947. The van der Waals surface area contributed by atoms with E-state index in [2.05, 4.69) is 13.8 Å². The van der Waals surface area contributed by atoms with Crippen molar-refractivity contribution in [2.24, 2.45) is 34.5 Å². The predicted octanol–water partition coefficient (Wildman–Crippen LogP) is 3.91. The van der Waals surface area contributed by atoms with Crippen LogP contribution < -0.4 is 0 Å². The lowest BCUT2D eigenvalue weighted by molar-refractivity contribution is -0.161. The first-order valence-electron chi connectivity index (χ1n) is 9.20. The Morgan fingerprint density at radius 3 is 2.68 bits per heavy atom. The van der Waals surface area contributed by atoms with E-state index < -0.39 is 6.17 Å². The average molecular weight is 308 g/mol. The highest BCUT2D eigenvalue weighted by atomic mass is 19.1. The summed E-state index contributed by atoms with van der Waals surface area (Å²) in [6, 6.07) is 0. The molecule has 124 valence electrons. The first kappa shape index (κ1) is 15.1. The maximum absolute atomic E-state index is 15.3. The Morgan fingerprint density at radius 2 is 1.91 bits per heavy atom. The van der Waals surface area contributed by atoms with Crippen molar-refractivity contribution in [2.45, 2.75) is 77.5 Å². The zero-order chi connectivity index (χ0) is 15.7. The second kappa shape index (κ2) is 4.78. The molecule has 0 aliphatic heterocycles. The van der Waals surface area contributed by atoms with Crippen molar-refractivity contribution in [3.8, 4) is 0 Å². The van der Waals surface area contributed by atoms with Crippen molar-refractivity contribution < 1.29 is 14.3 Å².